The Morgan fingerprint density at radius 2 is 2.21 bits per heavy atom. The van der Waals surface area contributed by atoms with Gasteiger partial charge in [-0.05, 0) is 20.3 Å². The van der Waals surface area contributed by atoms with E-state index in [1.807, 2.05) is 13.8 Å². The van der Waals surface area contributed by atoms with Gasteiger partial charge in [0.25, 0.3) is 0 Å². The molecule has 14 heavy (non-hydrogen) atoms. The highest BCUT2D eigenvalue weighted by Gasteiger charge is 2.34. The smallest absolute Gasteiger partial charge is 0.150 e. The van der Waals surface area contributed by atoms with Crippen molar-refractivity contribution in [3.63, 3.8) is 0 Å². The Hall–Kier alpha value is -0.640. The van der Waals surface area contributed by atoms with E-state index in [1.165, 1.54) is 0 Å². The third-order valence-corrected chi connectivity index (χ3v) is 3.58. The lowest BCUT2D eigenvalue weighted by Crippen LogP contribution is -2.36. The van der Waals surface area contributed by atoms with Gasteiger partial charge < -0.3 is 4.90 Å². The predicted molar refractivity (Wildman–Crippen MR) is 62.9 cm³/mol. The number of amidine groups is 1. The van der Waals surface area contributed by atoms with Crippen molar-refractivity contribution in [3.05, 3.63) is 11.9 Å². The van der Waals surface area contributed by atoms with Gasteiger partial charge >= 0.3 is 0 Å². The lowest BCUT2D eigenvalue weighted by atomic mass is 10.2. The Morgan fingerprint density at radius 3 is 2.86 bits per heavy atom. The first-order valence-electron chi connectivity index (χ1n) is 4.87. The summed E-state index contributed by atoms with van der Waals surface area (Å²) in [4.78, 5) is 11.5. The third-order valence-electron chi connectivity index (χ3n) is 2.53. The second-order valence-corrected chi connectivity index (χ2v) is 4.61. The molecular weight excluding hydrogens is 242 g/mol. The van der Waals surface area contributed by atoms with E-state index in [0.29, 0.717) is 11.0 Å². The van der Waals surface area contributed by atoms with Crippen LogP contribution in [0.5, 0.6) is 0 Å². The standard InChI is InChI=1S/C10H14BrN3/c1-4-8-9(11)14-5-6(2)12-7(3)10(14)13-8/h5,8-9H,4H2,1-3H3. The van der Waals surface area contributed by atoms with Crippen LogP contribution in [-0.4, -0.2) is 27.4 Å². The Morgan fingerprint density at radius 1 is 1.50 bits per heavy atom. The summed E-state index contributed by atoms with van der Waals surface area (Å²) in [6.07, 6.45) is 3.11. The SMILES string of the molecule is CCC1N=C2C(C)=NC(C)=CN2C1Br. The van der Waals surface area contributed by atoms with Crippen LogP contribution in [0.1, 0.15) is 27.2 Å². The minimum atomic E-state index is 0.294. The van der Waals surface area contributed by atoms with Crippen molar-refractivity contribution in [2.24, 2.45) is 9.98 Å². The van der Waals surface area contributed by atoms with Gasteiger partial charge in [-0.3, -0.25) is 9.98 Å². The number of fused-ring (bicyclic) bond motifs is 1. The van der Waals surface area contributed by atoms with Crippen LogP contribution in [0.3, 0.4) is 0 Å². The molecule has 2 atom stereocenters. The van der Waals surface area contributed by atoms with Crippen molar-refractivity contribution >= 4 is 27.5 Å². The Bertz CT molecular complexity index is 343. The molecule has 0 amide bonds. The molecule has 2 rings (SSSR count). The van der Waals surface area contributed by atoms with Crippen LogP contribution < -0.4 is 0 Å². The van der Waals surface area contributed by atoms with E-state index < -0.39 is 0 Å². The zero-order chi connectivity index (χ0) is 10.3. The Balaban J connectivity index is 2.36. The van der Waals surface area contributed by atoms with Gasteiger partial charge in [0.2, 0.25) is 0 Å². The topological polar surface area (TPSA) is 28.0 Å². The number of alkyl halides is 1. The largest absolute Gasteiger partial charge is 0.315 e. The molecule has 0 spiro atoms. The van der Waals surface area contributed by atoms with Gasteiger partial charge in [-0.2, -0.15) is 0 Å². The predicted octanol–water partition coefficient (Wildman–Crippen LogP) is 2.54. The van der Waals surface area contributed by atoms with E-state index in [-0.39, 0.29) is 0 Å². The first kappa shape index (κ1) is 9.90. The molecule has 0 saturated carbocycles. The number of hydrogen-bond acceptors (Lipinski definition) is 3. The molecule has 2 heterocycles. The van der Waals surface area contributed by atoms with Crippen molar-refractivity contribution in [1.29, 1.82) is 0 Å². The summed E-state index contributed by atoms with van der Waals surface area (Å²) in [5, 5.41) is 0. The highest BCUT2D eigenvalue weighted by Crippen LogP contribution is 2.28. The first-order chi connectivity index (χ1) is 6.63. The van der Waals surface area contributed by atoms with Crippen LogP contribution in [0.4, 0.5) is 0 Å². The van der Waals surface area contributed by atoms with Gasteiger partial charge in [0, 0.05) is 6.20 Å². The summed E-state index contributed by atoms with van der Waals surface area (Å²) in [6, 6.07) is 0.345. The second kappa shape index (κ2) is 3.50. The van der Waals surface area contributed by atoms with Crippen molar-refractivity contribution in [2.75, 3.05) is 0 Å². The fraction of sp³-hybridized carbons (Fsp3) is 0.600. The van der Waals surface area contributed by atoms with Crippen molar-refractivity contribution in [1.82, 2.24) is 4.90 Å². The van der Waals surface area contributed by atoms with Crippen molar-refractivity contribution < 1.29 is 0 Å². The third kappa shape index (κ3) is 1.41. The molecule has 0 radical (unpaired) electrons. The maximum atomic E-state index is 4.65. The fourth-order valence-corrected chi connectivity index (χ4v) is 2.63. The Labute approximate surface area is 92.7 Å². The van der Waals surface area contributed by atoms with Crippen LogP contribution in [0.25, 0.3) is 0 Å². The molecule has 0 saturated heterocycles. The van der Waals surface area contributed by atoms with E-state index in [4.69, 9.17) is 0 Å². The molecule has 0 N–H and O–H groups in total. The summed E-state index contributed by atoms with van der Waals surface area (Å²) in [6.45, 7) is 6.18. The minimum absolute atomic E-state index is 0.294. The number of nitrogens with zero attached hydrogens (tertiary/aromatic N) is 3. The highest BCUT2D eigenvalue weighted by molar-refractivity contribution is 9.09. The normalized spacial score (nSPS) is 30.9. The van der Waals surface area contributed by atoms with Gasteiger partial charge in [0.15, 0.2) is 5.84 Å². The van der Waals surface area contributed by atoms with E-state index >= 15 is 0 Å². The van der Waals surface area contributed by atoms with Crippen molar-refractivity contribution in [2.45, 2.75) is 38.2 Å². The van der Waals surface area contributed by atoms with E-state index in [9.17, 15) is 0 Å². The summed E-state index contributed by atoms with van der Waals surface area (Å²) in [5.74, 6) is 1.02. The monoisotopic (exact) mass is 255 g/mol. The highest BCUT2D eigenvalue weighted by atomic mass is 79.9. The maximum Gasteiger partial charge on any atom is 0.150 e. The minimum Gasteiger partial charge on any atom is -0.315 e. The molecule has 3 nitrogen and oxygen atoms in total. The van der Waals surface area contributed by atoms with Crippen LogP contribution in [0.15, 0.2) is 21.9 Å². The quantitative estimate of drug-likeness (QED) is 0.523. The zero-order valence-corrected chi connectivity index (χ0v) is 10.2. The van der Waals surface area contributed by atoms with Crippen molar-refractivity contribution in [3.8, 4) is 0 Å². The van der Waals surface area contributed by atoms with Gasteiger partial charge in [0.1, 0.15) is 4.95 Å². The lowest BCUT2D eigenvalue weighted by molar-refractivity contribution is 0.493. The molecule has 0 aliphatic carbocycles. The fourth-order valence-electron chi connectivity index (χ4n) is 1.83. The second-order valence-electron chi connectivity index (χ2n) is 3.68. The number of hydrogen-bond donors (Lipinski definition) is 0. The maximum absolute atomic E-state index is 4.65. The molecule has 2 unspecified atom stereocenters. The number of allylic oxidation sites excluding steroid dienone is 1. The zero-order valence-electron chi connectivity index (χ0n) is 8.66. The van der Waals surface area contributed by atoms with Gasteiger partial charge in [-0.15, -0.1) is 0 Å². The van der Waals surface area contributed by atoms with Crippen LogP contribution in [0.2, 0.25) is 0 Å². The van der Waals surface area contributed by atoms with E-state index in [1.54, 1.807) is 0 Å². The summed E-state index contributed by atoms with van der Waals surface area (Å²) in [5.41, 5.74) is 2.06. The molecule has 2 aliphatic heterocycles. The summed E-state index contributed by atoms with van der Waals surface area (Å²) < 4.78 is 0. The van der Waals surface area contributed by atoms with Crippen LogP contribution >= 0.6 is 15.9 Å². The van der Waals surface area contributed by atoms with Gasteiger partial charge in [-0.25, -0.2) is 0 Å². The molecule has 0 aromatic heterocycles. The molecular formula is C10H14BrN3. The molecule has 4 heteroatoms. The van der Waals surface area contributed by atoms with Gasteiger partial charge in [-0.1, -0.05) is 22.9 Å². The summed E-state index contributed by atoms with van der Waals surface area (Å²) >= 11 is 3.67. The van der Waals surface area contributed by atoms with Crippen LogP contribution in [-0.2, 0) is 0 Å². The number of rotatable bonds is 1. The molecule has 0 bridgehead atoms. The molecule has 2 aliphatic rings. The average molecular weight is 256 g/mol. The van der Waals surface area contributed by atoms with E-state index in [0.717, 1.165) is 23.7 Å². The molecule has 0 aromatic rings. The average Bonchev–Trinajstić information content (AvgIpc) is 2.44. The van der Waals surface area contributed by atoms with E-state index in [2.05, 4.69) is 43.9 Å². The lowest BCUT2D eigenvalue weighted by Gasteiger charge is -2.25. The number of aliphatic imine (C=N–C) groups is 2. The number of halogens is 1. The molecule has 0 fully saturated rings. The molecule has 76 valence electrons. The first-order valence-corrected chi connectivity index (χ1v) is 5.79. The Kier molecular flexibility index (Phi) is 2.47. The summed E-state index contributed by atoms with van der Waals surface area (Å²) in [7, 11) is 0. The molecule has 0 aromatic carbocycles. The van der Waals surface area contributed by atoms with Crippen LogP contribution in [0, 0.1) is 0 Å². The van der Waals surface area contributed by atoms with Gasteiger partial charge in [0.05, 0.1) is 17.5 Å².